The number of nitrogens with zero attached hydrogens (tertiary/aromatic N) is 1. The first-order chi connectivity index (χ1) is 8.86. The highest BCUT2D eigenvalue weighted by molar-refractivity contribution is 4.95. The molecule has 0 aliphatic carbocycles. The molecule has 1 unspecified atom stereocenters. The van der Waals surface area contributed by atoms with Crippen LogP contribution in [-0.2, 0) is 6.42 Å². The summed E-state index contributed by atoms with van der Waals surface area (Å²) in [4.78, 5) is 7.43. The van der Waals surface area contributed by atoms with Gasteiger partial charge in [-0.15, -0.1) is 0 Å². The first kappa shape index (κ1) is 15.3. The molecule has 1 atom stereocenters. The molecule has 104 valence electrons. The van der Waals surface area contributed by atoms with Gasteiger partial charge in [-0.1, -0.05) is 71.6 Å². The highest BCUT2D eigenvalue weighted by atomic mass is 14.9. The number of rotatable bonds is 11. The summed E-state index contributed by atoms with van der Waals surface area (Å²) in [6, 6.07) is 0. The Morgan fingerprint density at radius 1 is 1.00 bits per heavy atom. The molecule has 0 saturated carbocycles. The number of hydrogen-bond acceptors (Lipinski definition) is 1. The molecule has 1 rings (SSSR count). The fourth-order valence-electron chi connectivity index (χ4n) is 2.58. The lowest BCUT2D eigenvalue weighted by molar-refractivity contribution is 0.406. The van der Waals surface area contributed by atoms with Crippen molar-refractivity contribution in [3.63, 3.8) is 0 Å². The van der Waals surface area contributed by atoms with Crippen LogP contribution in [0, 0.1) is 5.92 Å². The zero-order valence-corrected chi connectivity index (χ0v) is 12.3. The van der Waals surface area contributed by atoms with E-state index in [0.717, 1.165) is 12.3 Å². The zero-order chi connectivity index (χ0) is 13.1. The van der Waals surface area contributed by atoms with Gasteiger partial charge in [0.05, 0.1) is 12.0 Å². The third-order valence-corrected chi connectivity index (χ3v) is 3.73. The number of imidazole rings is 1. The molecule has 0 spiro atoms. The van der Waals surface area contributed by atoms with Crippen molar-refractivity contribution < 1.29 is 0 Å². The van der Waals surface area contributed by atoms with E-state index >= 15 is 0 Å². The predicted molar refractivity (Wildman–Crippen MR) is 78.7 cm³/mol. The number of H-pyrrole nitrogens is 1. The van der Waals surface area contributed by atoms with Gasteiger partial charge in [0.15, 0.2) is 0 Å². The van der Waals surface area contributed by atoms with Gasteiger partial charge in [0.2, 0.25) is 0 Å². The van der Waals surface area contributed by atoms with Crippen LogP contribution in [0.1, 0.15) is 77.3 Å². The van der Waals surface area contributed by atoms with Crippen molar-refractivity contribution in [1.82, 2.24) is 9.97 Å². The number of aromatic amines is 1. The molecule has 1 heterocycles. The van der Waals surface area contributed by atoms with Crippen molar-refractivity contribution in [2.45, 2.75) is 78.1 Å². The summed E-state index contributed by atoms with van der Waals surface area (Å²) in [5.74, 6) is 0.842. The van der Waals surface area contributed by atoms with Crippen LogP contribution < -0.4 is 0 Å². The SMILES string of the molecule is CCCCCCCC(CCCC)Cc1c[nH]cn1. The van der Waals surface area contributed by atoms with Gasteiger partial charge in [-0.2, -0.15) is 0 Å². The Balaban J connectivity index is 2.22. The number of hydrogen-bond donors (Lipinski definition) is 1. The molecule has 0 fully saturated rings. The molecule has 18 heavy (non-hydrogen) atoms. The molecule has 1 N–H and O–H groups in total. The van der Waals surface area contributed by atoms with Crippen LogP contribution in [0.3, 0.4) is 0 Å². The van der Waals surface area contributed by atoms with Crippen LogP contribution in [-0.4, -0.2) is 9.97 Å². The summed E-state index contributed by atoms with van der Waals surface area (Å²) >= 11 is 0. The average Bonchev–Trinajstić information content (AvgIpc) is 2.88. The van der Waals surface area contributed by atoms with Gasteiger partial charge in [-0.05, 0) is 12.3 Å². The molecule has 2 nitrogen and oxygen atoms in total. The highest BCUT2D eigenvalue weighted by Gasteiger charge is 2.10. The molecule has 2 heteroatoms. The van der Waals surface area contributed by atoms with Gasteiger partial charge in [0.25, 0.3) is 0 Å². The van der Waals surface area contributed by atoms with Crippen molar-refractivity contribution in [3.8, 4) is 0 Å². The van der Waals surface area contributed by atoms with Crippen molar-refractivity contribution in [3.05, 3.63) is 18.2 Å². The van der Waals surface area contributed by atoms with E-state index in [0.29, 0.717) is 0 Å². The van der Waals surface area contributed by atoms with Crippen LogP contribution >= 0.6 is 0 Å². The Hall–Kier alpha value is -0.790. The van der Waals surface area contributed by atoms with Gasteiger partial charge in [-0.25, -0.2) is 4.98 Å². The van der Waals surface area contributed by atoms with E-state index < -0.39 is 0 Å². The third-order valence-electron chi connectivity index (χ3n) is 3.73. The second-order valence-electron chi connectivity index (χ2n) is 5.48. The van der Waals surface area contributed by atoms with Crippen LogP contribution in [0.2, 0.25) is 0 Å². The Morgan fingerprint density at radius 3 is 2.39 bits per heavy atom. The van der Waals surface area contributed by atoms with Gasteiger partial charge in [-0.3, -0.25) is 0 Å². The van der Waals surface area contributed by atoms with Crippen LogP contribution in [0.5, 0.6) is 0 Å². The maximum Gasteiger partial charge on any atom is 0.0923 e. The van der Waals surface area contributed by atoms with Gasteiger partial charge in [0, 0.05) is 6.20 Å². The van der Waals surface area contributed by atoms with Crippen molar-refractivity contribution in [1.29, 1.82) is 0 Å². The largest absolute Gasteiger partial charge is 0.351 e. The lowest BCUT2D eigenvalue weighted by Crippen LogP contribution is -2.05. The Labute approximate surface area is 113 Å². The van der Waals surface area contributed by atoms with E-state index in [1.54, 1.807) is 6.33 Å². The van der Waals surface area contributed by atoms with Crippen molar-refractivity contribution >= 4 is 0 Å². The molecule has 0 aromatic carbocycles. The zero-order valence-electron chi connectivity index (χ0n) is 12.3. The van der Waals surface area contributed by atoms with Crippen LogP contribution in [0.25, 0.3) is 0 Å². The Morgan fingerprint density at radius 2 is 1.72 bits per heavy atom. The normalized spacial score (nSPS) is 12.8. The molecule has 0 amide bonds. The van der Waals surface area contributed by atoms with E-state index in [1.165, 1.54) is 63.5 Å². The molecule has 0 bridgehead atoms. The number of nitrogens with one attached hydrogen (secondary N) is 1. The molecule has 0 aliphatic rings. The minimum atomic E-state index is 0.842. The first-order valence-corrected chi connectivity index (χ1v) is 7.84. The predicted octanol–water partition coefficient (Wildman–Crippen LogP) is 5.12. The Bertz CT molecular complexity index is 267. The first-order valence-electron chi connectivity index (χ1n) is 7.84. The fourth-order valence-corrected chi connectivity index (χ4v) is 2.58. The average molecular weight is 250 g/mol. The van der Waals surface area contributed by atoms with Gasteiger partial charge >= 0.3 is 0 Å². The molecule has 0 radical (unpaired) electrons. The molecule has 0 aliphatic heterocycles. The standard InChI is InChI=1S/C16H30N2/c1-3-5-7-8-9-11-15(10-6-4-2)12-16-13-17-14-18-16/h13-15H,3-12H2,1-2H3,(H,17,18). The van der Waals surface area contributed by atoms with Crippen molar-refractivity contribution in [2.24, 2.45) is 5.92 Å². The van der Waals surface area contributed by atoms with Gasteiger partial charge < -0.3 is 4.98 Å². The third kappa shape index (κ3) is 6.83. The van der Waals surface area contributed by atoms with Crippen LogP contribution in [0.15, 0.2) is 12.5 Å². The smallest absolute Gasteiger partial charge is 0.0923 e. The minimum absolute atomic E-state index is 0.842. The summed E-state index contributed by atoms with van der Waals surface area (Å²) in [5.41, 5.74) is 1.24. The van der Waals surface area contributed by atoms with E-state index in [-0.39, 0.29) is 0 Å². The molecule has 0 saturated heterocycles. The van der Waals surface area contributed by atoms with E-state index in [1.807, 2.05) is 0 Å². The minimum Gasteiger partial charge on any atom is -0.351 e. The summed E-state index contributed by atoms with van der Waals surface area (Å²) in [6.07, 6.45) is 17.4. The van der Waals surface area contributed by atoms with E-state index in [4.69, 9.17) is 0 Å². The van der Waals surface area contributed by atoms with Crippen LogP contribution in [0.4, 0.5) is 0 Å². The molecule has 1 aromatic rings. The monoisotopic (exact) mass is 250 g/mol. The highest BCUT2D eigenvalue weighted by Crippen LogP contribution is 2.21. The lowest BCUT2D eigenvalue weighted by atomic mass is 9.91. The number of aromatic nitrogens is 2. The second kappa shape index (κ2) is 10.2. The Kier molecular flexibility index (Phi) is 8.62. The maximum atomic E-state index is 4.37. The summed E-state index contributed by atoms with van der Waals surface area (Å²) < 4.78 is 0. The fraction of sp³-hybridized carbons (Fsp3) is 0.812. The molecule has 1 aromatic heterocycles. The van der Waals surface area contributed by atoms with Gasteiger partial charge in [0.1, 0.15) is 0 Å². The molecular weight excluding hydrogens is 220 g/mol. The summed E-state index contributed by atoms with van der Waals surface area (Å²) in [7, 11) is 0. The lowest BCUT2D eigenvalue weighted by Gasteiger charge is -2.15. The van der Waals surface area contributed by atoms with E-state index in [9.17, 15) is 0 Å². The molecular formula is C16H30N2. The quantitative estimate of drug-likeness (QED) is 0.543. The topological polar surface area (TPSA) is 28.7 Å². The van der Waals surface area contributed by atoms with Crippen molar-refractivity contribution in [2.75, 3.05) is 0 Å². The second-order valence-corrected chi connectivity index (χ2v) is 5.48. The summed E-state index contributed by atoms with van der Waals surface area (Å²) in [5, 5.41) is 0. The maximum absolute atomic E-state index is 4.37. The number of unbranched alkanes of at least 4 members (excludes halogenated alkanes) is 5. The van der Waals surface area contributed by atoms with E-state index in [2.05, 4.69) is 30.0 Å². The summed E-state index contributed by atoms with van der Waals surface area (Å²) in [6.45, 7) is 4.56.